The Kier molecular flexibility index (Phi) is 5.41. The van der Waals surface area contributed by atoms with Crippen molar-refractivity contribution in [2.24, 2.45) is 34.1 Å². The van der Waals surface area contributed by atoms with E-state index in [9.17, 15) is 0 Å². The molecular formula is C19H38N2. The standard InChI is InChI=1S/C19H38N2/c1-5-18(3,13-15-7-9-16(20)10-8-15)19(4)12-14(2)6-11-17(19)21/h14-17H,5-13,20-21H2,1-4H3. The molecule has 124 valence electrons. The molecule has 2 rings (SSSR count). The van der Waals surface area contributed by atoms with E-state index in [2.05, 4.69) is 27.7 Å². The topological polar surface area (TPSA) is 52.0 Å². The van der Waals surface area contributed by atoms with Crippen LogP contribution in [0.3, 0.4) is 0 Å². The van der Waals surface area contributed by atoms with Crippen LogP contribution in [0, 0.1) is 22.7 Å². The van der Waals surface area contributed by atoms with E-state index in [1.807, 2.05) is 0 Å². The van der Waals surface area contributed by atoms with Crippen LogP contribution < -0.4 is 11.5 Å². The SMILES string of the molecule is CCC(C)(CC1CCC(N)CC1)C1(C)CC(C)CCC1N. The summed E-state index contributed by atoms with van der Waals surface area (Å²) < 4.78 is 0. The average molecular weight is 295 g/mol. The summed E-state index contributed by atoms with van der Waals surface area (Å²) in [7, 11) is 0. The second-order valence-corrected chi connectivity index (χ2v) is 8.81. The van der Waals surface area contributed by atoms with E-state index in [1.54, 1.807) is 0 Å². The fourth-order valence-electron chi connectivity index (χ4n) is 5.26. The molecule has 2 fully saturated rings. The van der Waals surface area contributed by atoms with E-state index in [1.165, 1.54) is 57.8 Å². The average Bonchev–Trinajstić information content (AvgIpc) is 2.45. The lowest BCUT2D eigenvalue weighted by Crippen LogP contribution is -2.54. The summed E-state index contributed by atoms with van der Waals surface area (Å²) in [6.45, 7) is 9.82. The van der Waals surface area contributed by atoms with Gasteiger partial charge in [-0.15, -0.1) is 0 Å². The summed E-state index contributed by atoms with van der Waals surface area (Å²) in [6, 6.07) is 0.839. The minimum Gasteiger partial charge on any atom is -0.328 e. The molecule has 0 heterocycles. The highest BCUT2D eigenvalue weighted by Crippen LogP contribution is 2.55. The van der Waals surface area contributed by atoms with Gasteiger partial charge in [-0.05, 0) is 74.0 Å². The first-order valence-electron chi connectivity index (χ1n) is 9.32. The van der Waals surface area contributed by atoms with Gasteiger partial charge in [0.05, 0.1) is 0 Å². The molecular weight excluding hydrogens is 256 g/mol. The molecule has 0 saturated heterocycles. The van der Waals surface area contributed by atoms with Crippen LogP contribution in [0.15, 0.2) is 0 Å². The maximum Gasteiger partial charge on any atom is 0.00983 e. The Hall–Kier alpha value is -0.0800. The van der Waals surface area contributed by atoms with Crippen LogP contribution in [-0.4, -0.2) is 12.1 Å². The predicted octanol–water partition coefficient (Wildman–Crippen LogP) is 4.46. The molecule has 0 aliphatic heterocycles. The highest BCUT2D eigenvalue weighted by Gasteiger charge is 2.50. The van der Waals surface area contributed by atoms with Crippen LogP contribution in [0.25, 0.3) is 0 Å². The maximum absolute atomic E-state index is 6.64. The van der Waals surface area contributed by atoms with Crippen LogP contribution in [0.2, 0.25) is 0 Å². The van der Waals surface area contributed by atoms with Gasteiger partial charge in [-0.2, -0.15) is 0 Å². The van der Waals surface area contributed by atoms with Crippen molar-refractivity contribution in [3.63, 3.8) is 0 Å². The van der Waals surface area contributed by atoms with Crippen LogP contribution in [0.1, 0.15) is 85.5 Å². The Morgan fingerprint density at radius 1 is 1.05 bits per heavy atom. The fraction of sp³-hybridized carbons (Fsp3) is 1.00. The Bertz CT molecular complexity index is 334. The summed E-state index contributed by atoms with van der Waals surface area (Å²) in [5.41, 5.74) is 13.4. The monoisotopic (exact) mass is 294 g/mol. The summed E-state index contributed by atoms with van der Waals surface area (Å²) in [5, 5.41) is 0. The Balaban J connectivity index is 2.11. The molecule has 2 aliphatic rings. The van der Waals surface area contributed by atoms with Crippen molar-refractivity contribution in [1.82, 2.24) is 0 Å². The maximum atomic E-state index is 6.64. The normalized spacial score (nSPS) is 44.3. The first kappa shape index (κ1) is 17.3. The van der Waals surface area contributed by atoms with Crippen molar-refractivity contribution < 1.29 is 0 Å². The molecule has 4 N–H and O–H groups in total. The number of nitrogens with two attached hydrogens (primary N) is 2. The van der Waals surface area contributed by atoms with Gasteiger partial charge < -0.3 is 11.5 Å². The van der Waals surface area contributed by atoms with Gasteiger partial charge in [0.1, 0.15) is 0 Å². The number of rotatable bonds is 4. The van der Waals surface area contributed by atoms with Crippen LogP contribution >= 0.6 is 0 Å². The lowest BCUT2D eigenvalue weighted by Gasteiger charge is -2.55. The summed E-state index contributed by atoms with van der Waals surface area (Å²) in [5.74, 6) is 1.71. The van der Waals surface area contributed by atoms with Crippen molar-refractivity contribution in [2.75, 3.05) is 0 Å². The van der Waals surface area contributed by atoms with Gasteiger partial charge in [0.15, 0.2) is 0 Å². The molecule has 0 amide bonds. The second-order valence-electron chi connectivity index (χ2n) is 8.81. The minimum atomic E-state index is 0.305. The molecule has 2 heteroatoms. The highest BCUT2D eigenvalue weighted by molar-refractivity contribution is 5.02. The molecule has 0 aromatic rings. The van der Waals surface area contributed by atoms with Gasteiger partial charge in [0, 0.05) is 12.1 Å². The number of hydrogen-bond acceptors (Lipinski definition) is 2. The van der Waals surface area contributed by atoms with E-state index >= 15 is 0 Å². The second kappa shape index (κ2) is 6.58. The van der Waals surface area contributed by atoms with Crippen molar-refractivity contribution in [2.45, 2.75) is 97.6 Å². The first-order valence-corrected chi connectivity index (χ1v) is 9.32. The smallest absolute Gasteiger partial charge is 0.00983 e. The van der Waals surface area contributed by atoms with Crippen LogP contribution in [0.4, 0.5) is 0 Å². The van der Waals surface area contributed by atoms with E-state index in [-0.39, 0.29) is 0 Å². The van der Waals surface area contributed by atoms with E-state index in [0.29, 0.717) is 22.9 Å². The molecule has 21 heavy (non-hydrogen) atoms. The third-order valence-electron chi connectivity index (χ3n) is 7.35. The van der Waals surface area contributed by atoms with Gasteiger partial charge in [-0.1, -0.05) is 34.1 Å². The largest absolute Gasteiger partial charge is 0.328 e. The Morgan fingerprint density at radius 2 is 1.67 bits per heavy atom. The third kappa shape index (κ3) is 3.47. The van der Waals surface area contributed by atoms with Crippen molar-refractivity contribution in [3.8, 4) is 0 Å². The molecule has 0 spiro atoms. The molecule has 4 atom stereocenters. The van der Waals surface area contributed by atoms with Gasteiger partial charge >= 0.3 is 0 Å². The molecule has 0 aromatic carbocycles. The van der Waals surface area contributed by atoms with Crippen molar-refractivity contribution >= 4 is 0 Å². The van der Waals surface area contributed by atoms with Gasteiger partial charge in [0.25, 0.3) is 0 Å². The molecule has 0 bridgehead atoms. The molecule has 4 unspecified atom stereocenters. The van der Waals surface area contributed by atoms with Gasteiger partial charge in [-0.25, -0.2) is 0 Å². The zero-order chi connectivity index (χ0) is 15.7. The van der Waals surface area contributed by atoms with E-state index in [0.717, 1.165) is 11.8 Å². The summed E-state index contributed by atoms with van der Waals surface area (Å²) in [6.07, 6.45) is 11.6. The van der Waals surface area contributed by atoms with E-state index < -0.39 is 0 Å². The molecule has 2 saturated carbocycles. The van der Waals surface area contributed by atoms with Crippen LogP contribution in [0.5, 0.6) is 0 Å². The Morgan fingerprint density at radius 3 is 2.24 bits per heavy atom. The third-order valence-corrected chi connectivity index (χ3v) is 7.35. The molecule has 0 aromatic heterocycles. The van der Waals surface area contributed by atoms with Crippen molar-refractivity contribution in [1.29, 1.82) is 0 Å². The Labute approximate surface area is 132 Å². The molecule has 2 nitrogen and oxygen atoms in total. The zero-order valence-corrected chi connectivity index (χ0v) is 14.8. The van der Waals surface area contributed by atoms with Gasteiger partial charge in [0.2, 0.25) is 0 Å². The lowest BCUT2D eigenvalue weighted by atomic mass is 9.51. The molecule has 0 radical (unpaired) electrons. The van der Waals surface area contributed by atoms with Crippen LogP contribution in [-0.2, 0) is 0 Å². The summed E-state index contributed by atoms with van der Waals surface area (Å²) in [4.78, 5) is 0. The lowest BCUT2D eigenvalue weighted by molar-refractivity contribution is -0.0331. The summed E-state index contributed by atoms with van der Waals surface area (Å²) >= 11 is 0. The van der Waals surface area contributed by atoms with E-state index in [4.69, 9.17) is 11.5 Å². The van der Waals surface area contributed by atoms with Gasteiger partial charge in [-0.3, -0.25) is 0 Å². The predicted molar refractivity (Wildman–Crippen MR) is 92.0 cm³/mol. The number of hydrogen-bond donors (Lipinski definition) is 2. The zero-order valence-electron chi connectivity index (χ0n) is 14.8. The highest BCUT2D eigenvalue weighted by atomic mass is 14.7. The minimum absolute atomic E-state index is 0.305. The first-order chi connectivity index (χ1) is 9.80. The quantitative estimate of drug-likeness (QED) is 0.804. The molecule has 2 aliphatic carbocycles. The fourth-order valence-corrected chi connectivity index (χ4v) is 5.26. The van der Waals surface area contributed by atoms with Crippen molar-refractivity contribution in [3.05, 3.63) is 0 Å².